The van der Waals surface area contributed by atoms with E-state index in [1.807, 2.05) is 37.4 Å². The number of amides is 1. The Morgan fingerprint density at radius 1 is 1.29 bits per heavy atom. The largest absolute Gasteiger partial charge is 0.473 e. The summed E-state index contributed by atoms with van der Waals surface area (Å²) in [6.07, 6.45) is 5.01. The zero-order valence-corrected chi connectivity index (χ0v) is 17.2. The van der Waals surface area contributed by atoms with Crippen LogP contribution in [0.1, 0.15) is 36.8 Å². The molecule has 1 aromatic carbocycles. The van der Waals surface area contributed by atoms with E-state index in [-0.39, 0.29) is 30.3 Å². The minimum absolute atomic E-state index is 0.0382. The van der Waals surface area contributed by atoms with Crippen LogP contribution in [0.15, 0.2) is 42.6 Å². The maximum atomic E-state index is 12.0. The molecule has 2 aliphatic carbocycles. The molecular formula is C23H23N5O3. The summed E-state index contributed by atoms with van der Waals surface area (Å²) >= 11 is 0. The predicted octanol–water partition coefficient (Wildman–Crippen LogP) is 3.46. The third-order valence-corrected chi connectivity index (χ3v) is 6.29. The van der Waals surface area contributed by atoms with E-state index in [4.69, 9.17) is 9.47 Å². The van der Waals surface area contributed by atoms with Crippen LogP contribution in [-0.2, 0) is 18.4 Å². The number of rotatable bonds is 5. The van der Waals surface area contributed by atoms with Gasteiger partial charge < -0.3 is 14.8 Å². The van der Waals surface area contributed by atoms with E-state index in [2.05, 4.69) is 21.5 Å². The highest BCUT2D eigenvalue weighted by Crippen LogP contribution is 2.56. The Balaban J connectivity index is 1.10. The maximum absolute atomic E-state index is 12.0. The highest BCUT2D eigenvalue weighted by atomic mass is 16.5. The number of carbonyl (C=O) groups excluding carboxylic acids is 1. The lowest BCUT2D eigenvalue weighted by molar-refractivity contribution is -0.0856. The number of aromatic nitrogens is 3. The highest BCUT2D eigenvalue weighted by Gasteiger charge is 2.54. The van der Waals surface area contributed by atoms with Crippen molar-refractivity contribution in [1.82, 2.24) is 20.1 Å². The number of nitrogens with zero attached hydrogens (tertiary/aromatic N) is 4. The van der Waals surface area contributed by atoms with E-state index in [1.165, 1.54) is 0 Å². The molecule has 0 aliphatic heterocycles. The van der Waals surface area contributed by atoms with Crippen LogP contribution in [0.5, 0.6) is 5.88 Å². The molecule has 1 amide bonds. The molecule has 0 atom stereocenters. The van der Waals surface area contributed by atoms with Gasteiger partial charge in [-0.05, 0) is 42.7 Å². The molecule has 8 nitrogen and oxygen atoms in total. The van der Waals surface area contributed by atoms with E-state index in [1.54, 1.807) is 16.9 Å². The van der Waals surface area contributed by atoms with Crippen molar-refractivity contribution in [3.05, 3.63) is 53.7 Å². The molecule has 3 aromatic rings. The number of benzene rings is 1. The Kier molecular flexibility index (Phi) is 4.74. The van der Waals surface area contributed by atoms with Crippen LogP contribution < -0.4 is 10.1 Å². The average Bonchev–Trinajstić information content (AvgIpc) is 3.09. The normalized spacial score (nSPS) is 24.1. The first-order valence-electron chi connectivity index (χ1n) is 10.4. The Morgan fingerprint density at radius 3 is 2.81 bits per heavy atom. The third-order valence-electron chi connectivity index (χ3n) is 6.29. The van der Waals surface area contributed by atoms with Gasteiger partial charge in [-0.3, -0.25) is 4.68 Å². The molecule has 2 saturated carbocycles. The minimum atomic E-state index is -0.372. The average molecular weight is 417 g/mol. The molecule has 2 fully saturated rings. The first-order chi connectivity index (χ1) is 15.0. The van der Waals surface area contributed by atoms with Crippen molar-refractivity contribution in [3.8, 4) is 11.9 Å². The fraction of sp³-hybridized carbons (Fsp3) is 0.391. The van der Waals surface area contributed by atoms with Crippen LogP contribution in [0.25, 0.3) is 11.0 Å². The van der Waals surface area contributed by atoms with E-state index in [0.29, 0.717) is 17.1 Å². The molecule has 0 saturated heterocycles. The van der Waals surface area contributed by atoms with Gasteiger partial charge in [0.05, 0.1) is 6.20 Å². The summed E-state index contributed by atoms with van der Waals surface area (Å²) in [7, 11) is 1.82. The van der Waals surface area contributed by atoms with Gasteiger partial charge in [-0.2, -0.15) is 15.3 Å². The van der Waals surface area contributed by atoms with Crippen molar-refractivity contribution in [2.75, 3.05) is 0 Å². The van der Waals surface area contributed by atoms with Gasteiger partial charge in [0.2, 0.25) is 5.88 Å². The van der Waals surface area contributed by atoms with Gasteiger partial charge in [0.15, 0.2) is 5.65 Å². The number of alkyl carbamates (subject to hydrolysis) is 1. The minimum Gasteiger partial charge on any atom is -0.473 e. The van der Waals surface area contributed by atoms with Crippen LogP contribution in [0.4, 0.5) is 4.79 Å². The van der Waals surface area contributed by atoms with Crippen molar-refractivity contribution in [2.45, 2.75) is 44.4 Å². The molecule has 2 aliphatic rings. The molecule has 8 heteroatoms. The highest BCUT2D eigenvalue weighted by molar-refractivity contribution is 5.77. The first kappa shape index (κ1) is 19.4. The molecular weight excluding hydrogens is 394 g/mol. The number of carbonyl (C=O) groups is 1. The molecule has 158 valence electrons. The van der Waals surface area contributed by atoms with Crippen LogP contribution in [0, 0.1) is 16.7 Å². The lowest BCUT2D eigenvalue weighted by Gasteiger charge is -2.56. The molecule has 1 spiro atoms. The molecule has 31 heavy (non-hydrogen) atoms. The van der Waals surface area contributed by atoms with Gasteiger partial charge in [-0.15, -0.1) is 0 Å². The molecule has 0 radical (unpaired) electrons. The monoisotopic (exact) mass is 417 g/mol. The Labute approximate surface area is 179 Å². The second-order valence-electron chi connectivity index (χ2n) is 8.59. The van der Waals surface area contributed by atoms with Crippen molar-refractivity contribution in [3.63, 3.8) is 0 Å². The number of pyridine rings is 1. The van der Waals surface area contributed by atoms with Crippen LogP contribution in [0.3, 0.4) is 0 Å². The molecule has 2 heterocycles. The van der Waals surface area contributed by atoms with Gasteiger partial charge in [0.25, 0.3) is 0 Å². The zero-order chi connectivity index (χ0) is 21.4. The molecule has 1 N–H and O–H groups in total. The Hall–Kier alpha value is -3.60. The summed E-state index contributed by atoms with van der Waals surface area (Å²) in [5.74, 6) is 0.372. The Morgan fingerprint density at radius 2 is 2.06 bits per heavy atom. The van der Waals surface area contributed by atoms with Gasteiger partial charge in [-0.1, -0.05) is 30.3 Å². The molecule has 0 unspecified atom stereocenters. The van der Waals surface area contributed by atoms with Crippen molar-refractivity contribution in [1.29, 1.82) is 5.26 Å². The second-order valence-corrected chi connectivity index (χ2v) is 8.59. The van der Waals surface area contributed by atoms with Crippen LogP contribution in [-0.4, -0.2) is 33.0 Å². The Bertz CT molecular complexity index is 1150. The standard InChI is InChI=1S/C23H23N5O3/c1-28-20-17(13-25-28)7-16(12-24)21(27-20)31-19-10-23(11-19)8-18(9-23)26-22(29)30-14-15-5-3-2-4-6-15/h2-7,13,18-19H,8-11,14H2,1H3,(H,26,29)/t18-,19-,23?. The van der Waals surface area contributed by atoms with Gasteiger partial charge >= 0.3 is 6.09 Å². The molecule has 2 aromatic heterocycles. The summed E-state index contributed by atoms with van der Waals surface area (Å²) in [6, 6.07) is 13.7. The number of hydrogen-bond donors (Lipinski definition) is 1. The number of nitriles is 1. The molecule has 0 bridgehead atoms. The van der Waals surface area contributed by atoms with E-state index < -0.39 is 0 Å². The summed E-state index contributed by atoms with van der Waals surface area (Å²) in [5, 5.41) is 17.4. The van der Waals surface area contributed by atoms with Crippen molar-refractivity contribution >= 4 is 17.1 Å². The van der Waals surface area contributed by atoms with Crippen LogP contribution in [0.2, 0.25) is 0 Å². The topological polar surface area (TPSA) is 102 Å². The lowest BCUT2D eigenvalue weighted by Crippen LogP contribution is -2.58. The number of fused-ring (bicyclic) bond motifs is 1. The van der Waals surface area contributed by atoms with E-state index in [9.17, 15) is 10.1 Å². The SMILES string of the molecule is Cn1ncc2cc(C#N)c(O[C@H]3CC4(C[C@H](NC(=O)OCc5ccccc5)C4)C3)nc21. The first-order valence-corrected chi connectivity index (χ1v) is 10.4. The molecule has 5 rings (SSSR count). The maximum Gasteiger partial charge on any atom is 0.407 e. The van der Waals surface area contributed by atoms with Gasteiger partial charge in [0, 0.05) is 18.5 Å². The van der Waals surface area contributed by atoms with Crippen molar-refractivity contribution in [2.24, 2.45) is 12.5 Å². The predicted molar refractivity (Wildman–Crippen MR) is 112 cm³/mol. The summed E-state index contributed by atoms with van der Waals surface area (Å²) in [6.45, 7) is 0.273. The third kappa shape index (κ3) is 3.79. The summed E-state index contributed by atoms with van der Waals surface area (Å²) < 4.78 is 13.0. The lowest BCUT2D eigenvalue weighted by atomic mass is 9.53. The number of ether oxygens (including phenoxy) is 2. The van der Waals surface area contributed by atoms with Gasteiger partial charge in [0.1, 0.15) is 24.3 Å². The summed E-state index contributed by atoms with van der Waals surface area (Å²) in [5.41, 5.74) is 2.31. The second kappa shape index (κ2) is 7.58. The fourth-order valence-electron chi connectivity index (χ4n) is 4.73. The zero-order valence-electron chi connectivity index (χ0n) is 17.2. The van der Waals surface area contributed by atoms with E-state index in [0.717, 1.165) is 36.6 Å². The summed E-state index contributed by atoms with van der Waals surface area (Å²) in [4.78, 5) is 16.5. The number of hydrogen-bond acceptors (Lipinski definition) is 6. The van der Waals surface area contributed by atoms with E-state index >= 15 is 0 Å². The van der Waals surface area contributed by atoms with Crippen LogP contribution >= 0.6 is 0 Å². The smallest absolute Gasteiger partial charge is 0.407 e. The number of aryl methyl sites for hydroxylation is 1. The quantitative estimate of drug-likeness (QED) is 0.682. The van der Waals surface area contributed by atoms with Gasteiger partial charge in [-0.25, -0.2) is 4.79 Å². The number of nitrogens with one attached hydrogen (secondary N) is 1. The van der Waals surface area contributed by atoms with Crippen molar-refractivity contribution < 1.29 is 14.3 Å². The fourth-order valence-corrected chi connectivity index (χ4v) is 4.73.